The minimum atomic E-state index is -0.0108. The molecule has 4 nitrogen and oxygen atoms in total. The molecule has 1 aromatic heterocycles. The van der Waals surface area contributed by atoms with E-state index in [0.29, 0.717) is 23.2 Å². The Morgan fingerprint density at radius 2 is 1.83 bits per heavy atom. The Labute approximate surface area is 178 Å². The number of fused-ring (bicyclic) bond motifs is 1. The van der Waals surface area contributed by atoms with Gasteiger partial charge >= 0.3 is 0 Å². The lowest BCUT2D eigenvalue weighted by molar-refractivity contribution is -0.118. The van der Waals surface area contributed by atoms with E-state index in [4.69, 9.17) is 16.0 Å². The van der Waals surface area contributed by atoms with E-state index in [1.54, 1.807) is 0 Å². The maximum atomic E-state index is 12.1. The minimum Gasteiger partial charge on any atom is -0.436 e. The van der Waals surface area contributed by atoms with Gasteiger partial charge < -0.3 is 9.73 Å². The van der Waals surface area contributed by atoms with Crippen LogP contribution in [0.2, 0.25) is 5.02 Å². The van der Waals surface area contributed by atoms with E-state index < -0.39 is 0 Å². The van der Waals surface area contributed by atoms with Crippen molar-refractivity contribution >= 4 is 40.4 Å². The van der Waals surface area contributed by atoms with Crippen molar-refractivity contribution in [3.05, 3.63) is 82.9 Å². The number of nitrogens with one attached hydrogen (secondary N) is 1. The molecule has 0 spiro atoms. The molecule has 6 heteroatoms. The molecule has 4 aromatic rings. The maximum Gasteiger partial charge on any atom is 0.230 e. The van der Waals surface area contributed by atoms with Gasteiger partial charge in [0.2, 0.25) is 11.8 Å². The predicted molar refractivity (Wildman–Crippen MR) is 118 cm³/mol. The zero-order valence-electron chi connectivity index (χ0n) is 15.8. The Morgan fingerprint density at radius 3 is 2.59 bits per heavy atom. The monoisotopic (exact) mass is 422 g/mol. The van der Waals surface area contributed by atoms with Crippen LogP contribution in [-0.4, -0.2) is 16.6 Å². The van der Waals surface area contributed by atoms with Gasteiger partial charge in [0.15, 0.2) is 5.58 Å². The molecule has 0 saturated heterocycles. The zero-order chi connectivity index (χ0) is 20.2. The van der Waals surface area contributed by atoms with Crippen molar-refractivity contribution in [1.29, 1.82) is 0 Å². The molecule has 0 fully saturated rings. The van der Waals surface area contributed by atoms with E-state index in [0.717, 1.165) is 32.7 Å². The van der Waals surface area contributed by atoms with Crippen LogP contribution in [0.1, 0.15) is 11.1 Å². The first kappa shape index (κ1) is 19.6. The molecule has 0 aliphatic heterocycles. The second-order valence-electron chi connectivity index (χ2n) is 6.71. The molecule has 1 heterocycles. The second kappa shape index (κ2) is 8.72. The highest BCUT2D eigenvalue weighted by Crippen LogP contribution is 2.25. The molecule has 0 aliphatic rings. The molecule has 146 valence electrons. The van der Waals surface area contributed by atoms with Gasteiger partial charge in [0.1, 0.15) is 5.52 Å². The van der Waals surface area contributed by atoms with Crippen LogP contribution in [-0.2, 0) is 11.3 Å². The third-order valence-electron chi connectivity index (χ3n) is 4.42. The van der Waals surface area contributed by atoms with Crippen LogP contribution in [0.5, 0.6) is 0 Å². The number of aryl methyl sites for hydroxylation is 1. The summed E-state index contributed by atoms with van der Waals surface area (Å²) >= 11 is 7.35. The van der Waals surface area contributed by atoms with Crippen LogP contribution in [0.15, 0.2) is 76.0 Å². The van der Waals surface area contributed by atoms with Crippen molar-refractivity contribution in [3.8, 4) is 11.5 Å². The summed E-state index contributed by atoms with van der Waals surface area (Å²) in [5.41, 5.74) is 4.70. The Hall–Kier alpha value is -2.76. The van der Waals surface area contributed by atoms with Crippen molar-refractivity contribution < 1.29 is 9.21 Å². The Morgan fingerprint density at radius 1 is 1.07 bits per heavy atom. The van der Waals surface area contributed by atoms with E-state index in [2.05, 4.69) is 10.3 Å². The summed E-state index contributed by atoms with van der Waals surface area (Å²) in [6.45, 7) is 2.51. The standard InChI is InChI=1S/C23H19ClN2O2S/c1-15-2-11-20-21(12-15)28-23(26-20)17-5-3-16(4-6-17)13-25-22(27)14-29-19-9-7-18(24)8-10-19/h2-12H,13-14H2,1H3,(H,25,27). The minimum absolute atomic E-state index is 0.0108. The quantitative estimate of drug-likeness (QED) is 0.395. The first-order valence-electron chi connectivity index (χ1n) is 9.18. The number of nitrogens with zero attached hydrogens (tertiary/aromatic N) is 1. The summed E-state index contributed by atoms with van der Waals surface area (Å²) in [6, 6.07) is 21.3. The summed E-state index contributed by atoms with van der Waals surface area (Å²) in [5, 5.41) is 3.63. The molecule has 0 aliphatic carbocycles. The normalized spacial score (nSPS) is 11.0. The lowest BCUT2D eigenvalue weighted by Crippen LogP contribution is -2.24. The van der Waals surface area contributed by atoms with Gasteiger partial charge in [0.25, 0.3) is 0 Å². The van der Waals surface area contributed by atoms with E-state index in [1.165, 1.54) is 11.8 Å². The lowest BCUT2D eigenvalue weighted by Gasteiger charge is -2.06. The highest BCUT2D eigenvalue weighted by atomic mass is 35.5. The van der Waals surface area contributed by atoms with Gasteiger partial charge in [-0.3, -0.25) is 4.79 Å². The van der Waals surface area contributed by atoms with Gasteiger partial charge in [0.05, 0.1) is 5.75 Å². The molecule has 29 heavy (non-hydrogen) atoms. The van der Waals surface area contributed by atoms with Crippen molar-refractivity contribution in [2.75, 3.05) is 5.75 Å². The third kappa shape index (κ3) is 5.00. The maximum absolute atomic E-state index is 12.1. The molecule has 1 N–H and O–H groups in total. The highest BCUT2D eigenvalue weighted by molar-refractivity contribution is 8.00. The lowest BCUT2D eigenvalue weighted by atomic mass is 10.1. The van der Waals surface area contributed by atoms with E-state index in [-0.39, 0.29) is 5.91 Å². The van der Waals surface area contributed by atoms with Crippen LogP contribution in [0.25, 0.3) is 22.6 Å². The van der Waals surface area contributed by atoms with Gasteiger partial charge in [-0.25, -0.2) is 4.98 Å². The zero-order valence-corrected chi connectivity index (χ0v) is 17.4. The average molecular weight is 423 g/mol. The fourth-order valence-corrected chi connectivity index (χ4v) is 3.71. The molecule has 0 atom stereocenters. The van der Waals surface area contributed by atoms with Gasteiger partial charge in [0, 0.05) is 22.0 Å². The number of aromatic nitrogens is 1. The molecular weight excluding hydrogens is 404 g/mol. The van der Waals surface area contributed by atoms with Crippen LogP contribution in [0.3, 0.4) is 0 Å². The number of halogens is 1. The van der Waals surface area contributed by atoms with Crippen LogP contribution in [0, 0.1) is 6.92 Å². The molecule has 3 aromatic carbocycles. The highest BCUT2D eigenvalue weighted by Gasteiger charge is 2.09. The molecule has 0 radical (unpaired) electrons. The summed E-state index contributed by atoms with van der Waals surface area (Å²) in [5.74, 6) is 0.950. The number of hydrogen-bond donors (Lipinski definition) is 1. The third-order valence-corrected chi connectivity index (χ3v) is 5.68. The molecule has 1 amide bonds. The number of rotatable bonds is 6. The van der Waals surface area contributed by atoms with Crippen LogP contribution >= 0.6 is 23.4 Å². The molecular formula is C23H19ClN2O2S. The SMILES string of the molecule is Cc1ccc2nc(-c3ccc(CNC(=O)CSc4ccc(Cl)cc4)cc3)oc2c1. The Balaban J connectivity index is 1.32. The predicted octanol–water partition coefficient (Wildman–Crippen LogP) is 5.87. The van der Waals surface area contributed by atoms with E-state index in [9.17, 15) is 4.79 Å². The van der Waals surface area contributed by atoms with Gasteiger partial charge in [-0.1, -0.05) is 29.8 Å². The summed E-state index contributed by atoms with van der Waals surface area (Å²) in [6.07, 6.45) is 0. The number of carbonyl (C=O) groups excluding carboxylic acids is 1. The van der Waals surface area contributed by atoms with Crippen molar-refractivity contribution in [1.82, 2.24) is 10.3 Å². The van der Waals surface area contributed by atoms with Crippen LogP contribution < -0.4 is 5.32 Å². The number of carbonyl (C=O) groups is 1. The topological polar surface area (TPSA) is 55.1 Å². The molecule has 4 rings (SSSR count). The molecule has 0 unspecified atom stereocenters. The number of thioether (sulfide) groups is 1. The summed E-state index contributed by atoms with van der Waals surface area (Å²) in [4.78, 5) is 17.6. The summed E-state index contributed by atoms with van der Waals surface area (Å²) in [7, 11) is 0. The van der Waals surface area contributed by atoms with Crippen molar-refractivity contribution in [2.45, 2.75) is 18.4 Å². The number of hydrogen-bond acceptors (Lipinski definition) is 4. The molecule has 0 saturated carbocycles. The van der Waals surface area contributed by atoms with Crippen LogP contribution in [0.4, 0.5) is 0 Å². The summed E-state index contributed by atoms with van der Waals surface area (Å²) < 4.78 is 5.86. The second-order valence-corrected chi connectivity index (χ2v) is 8.19. The van der Waals surface area contributed by atoms with E-state index >= 15 is 0 Å². The van der Waals surface area contributed by atoms with Gasteiger partial charge in [-0.15, -0.1) is 11.8 Å². The number of amides is 1. The Kier molecular flexibility index (Phi) is 5.88. The smallest absolute Gasteiger partial charge is 0.230 e. The average Bonchev–Trinajstić information content (AvgIpc) is 3.15. The number of oxazole rings is 1. The number of benzene rings is 3. The Bertz CT molecular complexity index is 1140. The van der Waals surface area contributed by atoms with Crippen molar-refractivity contribution in [3.63, 3.8) is 0 Å². The first-order valence-corrected chi connectivity index (χ1v) is 10.5. The largest absolute Gasteiger partial charge is 0.436 e. The van der Waals surface area contributed by atoms with Crippen molar-refractivity contribution in [2.24, 2.45) is 0 Å². The van der Waals surface area contributed by atoms with Gasteiger partial charge in [-0.05, 0) is 66.6 Å². The van der Waals surface area contributed by atoms with E-state index in [1.807, 2.05) is 73.7 Å². The van der Waals surface area contributed by atoms with Gasteiger partial charge in [-0.2, -0.15) is 0 Å². The fourth-order valence-electron chi connectivity index (χ4n) is 2.85. The molecule has 0 bridgehead atoms. The fraction of sp³-hybridized carbons (Fsp3) is 0.130. The first-order chi connectivity index (χ1) is 14.1.